The number of methoxy groups -OCH3 is 2. The summed E-state index contributed by atoms with van der Waals surface area (Å²) in [7, 11) is 2.82. The molecule has 70 valence electrons. The van der Waals surface area contributed by atoms with Crippen LogP contribution in [0.25, 0.3) is 0 Å². The maximum atomic E-state index is 10.8. The Hall–Kier alpha value is -1.78. The van der Waals surface area contributed by atoms with Gasteiger partial charge in [-0.25, -0.2) is 4.79 Å². The molecule has 1 aromatic heterocycles. The van der Waals surface area contributed by atoms with Crippen LogP contribution >= 0.6 is 0 Å². The van der Waals surface area contributed by atoms with Crippen molar-refractivity contribution in [3.05, 3.63) is 18.5 Å². The summed E-state index contributed by atoms with van der Waals surface area (Å²) >= 11 is 0. The molecule has 1 aromatic rings. The fourth-order valence-corrected chi connectivity index (χ4v) is 0.768. The average Bonchev–Trinajstić information content (AvgIpc) is 2.18. The minimum Gasteiger partial charge on any atom is -0.495 e. The van der Waals surface area contributed by atoms with Gasteiger partial charge < -0.3 is 9.47 Å². The topological polar surface area (TPSA) is 60.5 Å². The van der Waals surface area contributed by atoms with Crippen molar-refractivity contribution in [1.82, 2.24) is 4.98 Å². The van der Waals surface area contributed by atoms with Crippen molar-refractivity contribution < 1.29 is 14.3 Å². The predicted octanol–water partition coefficient (Wildman–Crippen LogP) is 1.27. The summed E-state index contributed by atoms with van der Waals surface area (Å²) in [6, 6.07) is 1.64. The van der Waals surface area contributed by atoms with Crippen molar-refractivity contribution in [1.29, 1.82) is 0 Å². The predicted molar refractivity (Wildman–Crippen MR) is 46.8 cm³/mol. The van der Waals surface area contributed by atoms with E-state index in [2.05, 4.69) is 15.0 Å². The summed E-state index contributed by atoms with van der Waals surface area (Å²) < 4.78 is 9.32. The number of amides is 1. The molecular weight excluding hydrogens is 172 g/mol. The second-order valence-electron chi connectivity index (χ2n) is 2.23. The Labute approximate surface area is 75.7 Å². The number of carbonyl (C=O) groups is 1. The van der Waals surface area contributed by atoms with Crippen molar-refractivity contribution in [2.75, 3.05) is 19.5 Å². The van der Waals surface area contributed by atoms with Gasteiger partial charge in [0.05, 0.1) is 32.3 Å². The fourth-order valence-electron chi connectivity index (χ4n) is 0.768. The highest BCUT2D eigenvalue weighted by Gasteiger charge is 2.01. The first-order valence-electron chi connectivity index (χ1n) is 3.60. The molecule has 0 aromatic carbocycles. The Balaban J connectivity index is 2.71. The van der Waals surface area contributed by atoms with Gasteiger partial charge in [0.25, 0.3) is 0 Å². The highest BCUT2D eigenvalue weighted by atomic mass is 16.5. The van der Waals surface area contributed by atoms with Gasteiger partial charge in [-0.1, -0.05) is 0 Å². The molecule has 1 heterocycles. The molecule has 0 fully saturated rings. The first-order valence-corrected chi connectivity index (χ1v) is 3.60. The number of hydrogen-bond acceptors (Lipinski definition) is 4. The maximum Gasteiger partial charge on any atom is 0.411 e. The van der Waals surface area contributed by atoms with Gasteiger partial charge in [-0.15, -0.1) is 0 Å². The SMILES string of the molecule is COC(=O)Nc1cncc(OC)c1. The van der Waals surface area contributed by atoms with Crippen molar-refractivity contribution in [2.24, 2.45) is 0 Å². The van der Waals surface area contributed by atoms with Crippen molar-refractivity contribution in [3.63, 3.8) is 0 Å². The highest BCUT2D eigenvalue weighted by molar-refractivity contribution is 5.84. The van der Waals surface area contributed by atoms with Gasteiger partial charge in [-0.3, -0.25) is 10.3 Å². The normalized spacial score (nSPS) is 9.08. The Bertz CT molecular complexity index is 301. The Morgan fingerprint density at radius 1 is 1.46 bits per heavy atom. The molecule has 0 aliphatic carbocycles. The molecule has 0 aliphatic rings. The number of nitrogens with one attached hydrogen (secondary N) is 1. The molecule has 5 nitrogen and oxygen atoms in total. The van der Waals surface area contributed by atoms with Crippen LogP contribution in [0, 0.1) is 0 Å². The molecule has 1 rings (SSSR count). The number of pyridine rings is 1. The minimum absolute atomic E-state index is 0.532. The molecular formula is C8H10N2O3. The number of aromatic nitrogens is 1. The van der Waals surface area contributed by atoms with Gasteiger partial charge in [0.15, 0.2) is 0 Å². The van der Waals surface area contributed by atoms with E-state index in [0.29, 0.717) is 11.4 Å². The number of ether oxygens (including phenoxy) is 2. The zero-order valence-electron chi connectivity index (χ0n) is 7.40. The summed E-state index contributed by atoms with van der Waals surface area (Å²) in [6.07, 6.45) is 2.51. The van der Waals surface area contributed by atoms with Gasteiger partial charge in [-0.2, -0.15) is 0 Å². The molecule has 0 saturated carbocycles. The van der Waals surface area contributed by atoms with Crippen LogP contribution in [0.1, 0.15) is 0 Å². The number of nitrogens with zero attached hydrogens (tertiary/aromatic N) is 1. The van der Waals surface area contributed by atoms with Gasteiger partial charge in [-0.05, 0) is 0 Å². The van der Waals surface area contributed by atoms with Crippen molar-refractivity contribution in [3.8, 4) is 5.75 Å². The standard InChI is InChI=1S/C8H10N2O3/c1-12-7-3-6(4-9-5-7)10-8(11)13-2/h3-5H,1-2H3,(H,10,11). The van der Waals surface area contributed by atoms with E-state index in [-0.39, 0.29) is 0 Å². The van der Waals surface area contributed by atoms with Crippen LogP contribution in [-0.4, -0.2) is 25.3 Å². The van der Waals surface area contributed by atoms with E-state index >= 15 is 0 Å². The lowest BCUT2D eigenvalue weighted by Crippen LogP contribution is -2.10. The molecule has 1 amide bonds. The smallest absolute Gasteiger partial charge is 0.411 e. The van der Waals surface area contributed by atoms with Crippen LogP contribution in [0.3, 0.4) is 0 Å². The zero-order chi connectivity index (χ0) is 9.68. The van der Waals surface area contributed by atoms with Crippen LogP contribution in [0.2, 0.25) is 0 Å². The molecule has 0 aliphatic heterocycles. The van der Waals surface area contributed by atoms with Crippen LogP contribution in [0.5, 0.6) is 5.75 Å². The van der Waals surface area contributed by atoms with E-state index in [1.165, 1.54) is 20.4 Å². The summed E-state index contributed by atoms with van der Waals surface area (Å²) in [5.74, 6) is 0.578. The monoisotopic (exact) mass is 182 g/mol. The molecule has 0 radical (unpaired) electrons. The van der Waals surface area contributed by atoms with Crippen LogP contribution in [0.15, 0.2) is 18.5 Å². The first-order chi connectivity index (χ1) is 6.26. The summed E-state index contributed by atoms with van der Waals surface area (Å²) in [6.45, 7) is 0. The molecule has 13 heavy (non-hydrogen) atoms. The molecule has 0 unspecified atom stereocenters. The van der Waals surface area contributed by atoms with Gasteiger partial charge in [0.1, 0.15) is 5.75 Å². The van der Waals surface area contributed by atoms with E-state index < -0.39 is 6.09 Å². The molecule has 0 bridgehead atoms. The van der Waals surface area contributed by atoms with E-state index in [1.54, 1.807) is 12.3 Å². The summed E-state index contributed by atoms with van der Waals surface area (Å²) in [4.78, 5) is 14.6. The zero-order valence-corrected chi connectivity index (χ0v) is 7.40. The quantitative estimate of drug-likeness (QED) is 0.748. The van der Waals surface area contributed by atoms with E-state index in [0.717, 1.165) is 0 Å². The van der Waals surface area contributed by atoms with Gasteiger partial charge in [0, 0.05) is 6.07 Å². The number of carbonyl (C=O) groups excluding carboxylic acids is 1. The first kappa shape index (κ1) is 9.31. The van der Waals surface area contributed by atoms with E-state index in [4.69, 9.17) is 4.74 Å². The van der Waals surface area contributed by atoms with Gasteiger partial charge in [0.2, 0.25) is 0 Å². The Morgan fingerprint density at radius 2 is 2.23 bits per heavy atom. The number of rotatable bonds is 2. The third kappa shape index (κ3) is 2.62. The average molecular weight is 182 g/mol. The van der Waals surface area contributed by atoms with Crippen molar-refractivity contribution >= 4 is 11.8 Å². The Kier molecular flexibility index (Phi) is 3.08. The fraction of sp³-hybridized carbons (Fsp3) is 0.250. The lowest BCUT2D eigenvalue weighted by Gasteiger charge is -2.04. The lowest BCUT2D eigenvalue weighted by atomic mass is 10.4. The third-order valence-corrected chi connectivity index (χ3v) is 1.38. The van der Waals surface area contributed by atoms with Crippen molar-refractivity contribution in [2.45, 2.75) is 0 Å². The van der Waals surface area contributed by atoms with Crippen LogP contribution < -0.4 is 10.1 Å². The molecule has 1 N–H and O–H groups in total. The summed E-state index contributed by atoms with van der Waals surface area (Å²) in [5, 5.41) is 2.46. The second-order valence-corrected chi connectivity index (χ2v) is 2.23. The van der Waals surface area contributed by atoms with E-state index in [9.17, 15) is 4.79 Å². The van der Waals surface area contributed by atoms with Crippen LogP contribution in [-0.2, 0) is 4.74 Å². The molecule has 0 spiro atoms. The summed E-state index contributed by atoms with van der Waals surface area (Å²) in [5.41, 5.74) is 0.534. The molecule has 5 heteroatoms. The number of anilines is 1. The second kappa shape index (κ2) is 4.30. The lowest BCUT2D eigenvalue weighted by molar-refractivity contribution is 0.187. The Morgan fingerprint density at radius 3 is 2.85 bits per heavy atom. The maximum absolute atomic E-state index is 10.8. The van der Waals surface area contributed by atoms with Gasteiger partial charge >= 0.3 is 6.09 Å². The third-order valence-electron chi connectivity index (χ3n) is 1.38. The minimum atomic E-state index is -0.532. The number of hydrogen-bond donors (Lipinski definition) is 1. The molecule has 0 saturated heterocycles. The highest BCUT2D eigenvalue weighted by Crippen LogP contribution is 2.14. The molecule has 0 atom stereocenters. The largest absolute Gasteiger partial charge is 0.495 e. The van der Waals surface area contributed by atoms with Crippen LogP contribution in [0.4, 0.5) is 10.5 Å². The van der Waals surface area contributed by atoms with E-state index in [1.807, 2.05) is 0 Å².